The molecule has 3 nitrogen and oxygen atoms in total. The second-order valence-electron chi connectivity index (χ2n) is 2.55. The maximum atomic E-state index is 11.4. The molecule has 1 heterocycles. The fraction of sp³-hybridized carbons (Fsp3) is 1.00. The van der Waals surface area contributed by atoms with E-state index in [2.05, 4.69) is 0 Å². The molecule has 0 aromatic rings. The minimum atomic E-state index is -2.63. The van der Waals surface area contributed by atoms with Gasteiger partial charge in [0.15, 0.2) is 0 Å². The lowest BCUT2D eigenvalue weighted by Gasteiger charge is -2.06. The molecule has 0 spiro atoms. The van der Waals surface area contributed by atoms with Crippen LogP contribution in [-0.2, 0) is 13.6 Å². The van der Waals surface area contributed by atoms with Crippen molar-refractivity contribution in [3.8, 4) is 0 Å². The first-order valence-electron chi connectivity index (χ1n) is 3.58. The minimum absolute atomic E-state index is 0.0115. The van der Waals surface area contributed by atoms with Gasteiger partial charge < -0.3 is 9.05 Å². The molecule has 0 amide bonds. The molecular formula is C6H13O3P. The number of hydrogen-bond donors (Lipinski definition) is 0. The summed E-state index contributed by atoms with van der Waals surface area (Å²) in [7, 11) is -2.63. The van der Waals surface area contributed by atoms with E-state index in [0.29, 0.717) is 12.8 Å². The lowest BCUT2D eigenvalue weighted by Crippen LogP contribution is -2.00. The molecule has 0 aliphatic carbocycles. The van der Waals surface area contributed by atoms with Gasteiger partial charge in [0.1, 0.15) is 0 Å². The van der Waals surface area contributed by atoms with Crippen LogP contribution in [0.5, 0.6) is 0 Å². The molecule has 60 valence electrons. The van der Waals surface area contributed by atoms with Crippen LogP contribution >= 0.6 is 7.60 Å². The highest BCUT2D eigenvalue weighted by atomic mass is 31.2. The van der Waals surface area contributed by atoms with Crippen LogP contribution in [-0.4, -0.2) is 18.9 Å². The summed E-state index contributed by atoms with van der Waals surface area (Å²) in [6.07, 6.45) is 1.42. The standard InChI is InChI=1S/C6H13O3P/c1-3-4-10(7)8-5-6(2)9-10/h6H,3-5H2,1-2H3. The van der Waals surface area contributed by atoms with Crippen molar-refractivity contribution in [1.82, 2.24) is 0 Å². The zero-order valence-electron chi connectivity index (χ0n) is 6.37. The summed E-state index contributed by atoms with van der Waals surface area (Å²) in [6.45, 7) is 4.32. The molecule has 0 N–H and O–H groups in total. The van der Waals surface area contributed by atoms with E-state index in [0.717, 1.165) is 6.42 Å². The van der Waals surface area contributed by atoms with Crippen LogP contribution in [0.1, 0.15) is 20.3 Å². The molecular weight excluding hydrogens is 151 g/mol. The molecule has 0 aromatic heterocycles. The Morgan fingerprint density at radius 1 is 1.70 bits per heavy atom. The maximum absolute atomic E-state index is 11.4. The van der Waals surface area contributed by atoms with Crippen LogP contribution in [0.4, 0.5) is 0 Å². The van der Waals surface area contributed by atoms with Gasteiger partial charge in [0, 0.05) is 6.16 Å². The van der Waals surface area contributed by atoms with E-state index in [1.807, 2.05) is 13.8 Å². The molecule has 0 aromatic carbocycles. The second-order valence-corrected chi connectivity index (χ2v) is 4.68. The predicted molar refractivity (Wildman–Crippen MR) is 39.3 cm³/mol. The highest BCUT2D eigenvalue weighted by molar-refractivity contribution is 7.54. The molecule has 1 aliphatic heterocycles. The van der Waals surface area contributed by atoms with Gasteiger partial charge in [0.2, 0.25) is 0 Å². The van der Waals surface area contributed by atoms with Crippen molar-refractivity contribution in [3.05, 3.63) is 0 Å². The quantitative estimate of drug-likeness (QED) is 0.585. The molecule has 0 bridgehead atoms. The summed E-state index contributed by atoms with van der Waals surface area (Å²) in [5, 5.41) is 0. The highest BCUT2D eigenvalue weighted by Crippen LogP contribution is 2.53. The Kier molecular flexibility index (Phi) is 2.50. The van der Waals surface area contributed by atoms with E-state index in [1.54, 1.807) is 0 Å². The monoisotopic (exact) mass is 164 g/mol. The zero-order valence-corrected chi connectivity index (χ0v) is 7.27. The summed E-state index contributed by atoms with van der Waals surface area (Å²) in [6, 6.07) is 0. The Balaban J connectivity index is 2.47. The fourth-order valence-corrected chi connectivity index (χ4v) is 2.83. The van der Waals surface area contributed by atoms with E-state index in [-0.39, 0.29) is 6.10 Å². The molecule has 1 fully saturated rings. The fourth-order valence-electron chi connectivity index (χ4n) is 0.945. The first-order chi connectivity index (χ1) is 4.66. The van der Waals surface area contributed by atoms with Gasteiger partial charge in [-0.2, -0.15) is 0 Å². The summed E-state index contributed by atoms with van der Waals surface area (Å²) in [5.41, 5.74) is 0. The van der Waals surface area contributed by atoms with Gasteiger partial charge in [0.05, 0.1) is 12.7 Å². The van der Waals surface area contributed by atoms with E-state index in [4.69, 9.17) is 9.05 Å². The van der Waals surface area contributed by atoms with Crippen LogP contribution < -0.4 is 0 Å². The molecule has 0 radical (unpaired) electrons. The second kappa shape index (κ2) is 3.04. The summed E-state index contributed by atoms with van der Waals surface area (Å²) in [5.74, 6) is 0. The average Bonchev–Trinajstić information content (AvgIpc) is 2.12. The first kappa shape index (κ1) is 8.25. The van der Waals surface area contributed by atoms with Crippen molar-refractivity contribution in [2.45, 2.75) is 26.4 Å². The third kappa shape index (κ3) is 1.82. The van der Waals surface area contributed by atoms with Crippen molar-refractivity contribution in [2.75, 3.05) is 12.8 Å². The van der Waals surface area contributed by atoms with Gasteiger partial charge in [-0.05, 0) is 13.3 Å². The Bertz CT molecular complexity index is 151. The summed E-state index contributed by atoms with van der Waals surface area (Å²) < 4.78 is 21.5. The van der Waals surface area contributed by atoms with E-state index in [9.17, 15) is 4.57 Å². The Morgan fingerprint density at radius 3 is 2.80 bits per heavy atom. The van der Waals surface area contributed by atoms with E-state index < -0.39 is 7.60 Å². The molecule has 1 aliphatic rings. The first-order valence-corrected chi connectivity index (χ1v) is 5.31. The third-order valence-electron chi connectivity index (χ3n) is 1.34. The lowest BCUT2D eigenvalue weighted by atomic mass is 10.5. The minimum Gasteiger partial charge on any atom is -0.306 e. The van der Waals surface area contributed by atoms with Crippen molar-refractivity contribution in [2.24, 2.45) is 0 Å². The van der Waals surface area contributed by atoms with Gasteiger partial charge in [-0.3, -0.25) is 4.57 Å². The molecule has 1 rings (SSSR count). The normalized spacial score (nSPS) is 40.4. The van der Waals surface area contributed by atoms with Gasteiger partial charge in [-0.25, -0.2) is 0 Å². The molecule has 2 atom stereocenters. The van der Waals surface area contributed by atoms with Gasteiger partial charge in [0.25, 0.3) is 0 Å². The van der Waals surface area contributed by atoms with E-state index >= 15 is 0 Å². The van der Waals surface area contributed by atoms with Crippen LogP contribution in [0.25, 0.3) is 0 Å². The van der Waals surface area contributed by atoms with Crippen LogP contribution in [0.2, 0.25) is 0 Å². The molecule has 0 saturated carbocycles. The highest BCUT2D eigenvalue weighted by Gasteiger charge is 2.33. The Hall–Kier alpha value is 0.150. The largest absolute Gasteiger partial charge is 0.331 e. The molecule has 1 saturated heterocycles. The third-order valence-corrected chi connectivity index (χ3v) is 3.56. The van der Waals surface area contributed by atoms with E-state index in [1.165, 1.54) is 0 Å². The van der Waals surface area contributed by atoms with Gasteiger partial charge in [-0.15, -0.1) is 0 Å². The molecule has 4 heteroatoms. The lowest BCUT2D eigenvalue weighted by molar-refractivity contribution is 0.256. The van der Waals surface area contributed by atoms with Crippen molar-refractivity contribution in [1.29, 1.82) is 0 Å². The Labute approximate surface area is 61.2 Å². The summed E-state index contributed by atoms with van der Waals surface area (Å²) in [4.78, 5) is 0. The summed E-state index contributed by atoms with van der Waals surface area (Å²) >= 11 is 0. The predicted octanol–water partition coefficient (Wildman–Crippen LogP) is 2.02. The van der Waals surface area contributed by atoms with Crippen molar-refractivity contribution in [3.63, 3.8) is 0 Å². The molecule has 10 heavy (non-hydrogen) atoms. The van der Waals surface area contributed by atoms with Crippen LogP contribution in [0.3, 0.4) is 0 Å². The zero-order chi connectivity index (χ0) is 7.61. The molecule has 2 unspecified atom stereocenters. The Morgan fingerprint density at radius 2 is 2.40 bits per heavy atom. The van der Waals surface area contributed by atoms with Gasteiger partial charge in [-0.1, -0.05) is 6.92 Å². The van der Waals surface area contributed by atoms with Crippen LogP contribution in [0.15, 0.2) is 0 Å². The van der Waals surface area contributed by atoms with Crippen molar-refractivity contribution < 1.29 is 13.6 Å². The maximum Gasteiger partial charge on any atom is 0.331 e. The van der Waals surface area contributed by atoms with Crippen LogP contribution in [0, 0.1) is 0 Å². The SMILES string of the molecule is CCCP1(=O)OCC(C)O1. The number of hydrogen-bond acceptors (Lipinski definition) is 3. The van der Waals surface area contributed by atoms with Crippen molar-refractivity contribution >= 4 is 7.60 Å². The smallest absolute Gasteiger partial charge is 0.306 e. The number of rotatable bonds is 2. The topological polar surface area (TPSA) is 35.5 Å². The average molecular weight is 164 g/mol. The van der Waals surface area contributed by atoms with Gasteiger partial charge >= 0.3 is 7.60 Å².